The molecular formula is C16H18N4O. The summed E-state index contributed by atoms with van der Waals surface area (Å²) in [6.45, 7) is 4.06. The van der Waals surface area contributed by atoms with Gasteiger partial charge in [-0.1, -0.05) is 0 Å². The van der Waals surface area contributed by atoms with E-state index in [2.05, 4.69) is 20.5 Å². The van der Waals surface area contributed by atoms with E-state index >= 15 is 0 Å². The Bertz CT molecular complexity index is 591. The first-order valence-electron chi connectivity index (χ1n) is 7.10. The van der Waals surface area contributed by atoms with E-state index in [1.807, 2.05) is 24.3 Å². The standard InChI is InChI=1S/C16H18N4O/c21-16(13-2-1-7-18-12-13)19-14-3-5-15(6-4-14)20-10-8-17-9-11-20/h1-7,12,17H,8-11H2,(H,19,21). The van der Waals surface area contributed by atoms with Crippen LogP contribution in [-0.4, -0.2) is 37.1 Å². The summed E-state index contributed by atoms with van der Waals surface area (Å²) >= 11 is 0. The molecule has 108 valence electrons. The summed E-state index contributed by atoms with van der Waals surface area (Å²) in [6.07, 6.45) is 3.21. The fraction of sp³-hybridized carbons (Fsp3) is 0.250. The Hall–Kier alpha value is -2.40. The van der Waals surface area contributed by atoms with Gasteiger partial charge in [0.2, 0.25) is 0 Å². The molecule has 2 N–H and O–H groups in total. The summed E-state index contributed by atoms with van der Waals surface area (Å²) in [5, 5.41) is 6.21. The number of carbonyl (C=O) groups is 1. The van der Waals surface area contributed by atoms with Crippen molar-refractivity contribution in [2.75, 3.05) is 36.4 Å². The van der Waals surface area contributed by atoms with Gasteiger partial charge in [-0.2, -0.15) is 0 Å². The number of anilines is 2. The lowest BCUT2D eigenvalue weighted by atomic mass is 10.2. The lowest BCUT2D eigenvalue weighted by Crippen LogP contribution is -2.43. The maximum atomic E-state index is 12.0. The molecule has 1 saturated heterocycles. The van der Waals surface area contributed by atoms with Crippen LogP contribution in [0.15, 0.2) is 48.8 Å². The number of benzene rings is 1. The number of amides is 1. The summed E-state index contributed by atoms with van der Waals surface area (Å²) in [7, 11) is 0. The maximum absolute atomic E-state index is 12.0. The van der Waals surface area contributed by atoms with Crippen molar-refractivity contribution in [3.8, 4) is 0 Å². The summed E-state index contributed by atoms with van der Waals surface area (Å²) in [5.74, 6) is -0.141. The smallest absolute Gasteiger partial charge is 0.257 e. The molecule has 1 amide bonds. The van der Waals surface area contributed by atoms with Crippen LogP contribution in [0.1, 0.15) is 10.4 Å². The summed E-state index contributed by atoms with van der Waals surface area (Å²) in [4.78, 5) is 18.3. The minimum absolute atomic E-state index is 0.141. The fourth-order valence-corrected chi connectivity index (χ4v) is 2.38. The van der Waals surface area contributed by atoms with Crippen LogP contribution >= 0.6 is 0 Å². The summed E-state index contributed by atoms with van der Waals surface area (Å²) in [6, 6.07) is 11.5. The first kappa shape index (κ1) is 13.6. The lowest BCUT2D eigenvalue weighted by Gasteiger charge is -2.29. The van der Waals surface area contributed by atoms with Crippen molar-refractivity contribution in [3.63, 3.8) is 0 Å². The molecule has 1 aromatic carbocycles. The highest BCUT2D eigenvalue weighted by molar-refractivity contribution is 6.04. The van der Waals surface area contributed by atoms with Crippen molar-refractivity contribution < 1.29 is 4.79 Å². The number of piperazine rings is 1. The minimum atomic E-state index is -0.141. The monoisotopic (exact) mass is 282 g/mol. The van der Waals surface area contributed by atoms with Gasteiger partial charge in [0, 0.05) is 49.9 Å². The molecule has 0 aliphatic carbocycles. The molecule has 1 aliphatic rings. The molecule has 5 heteroatoms. The molecule has 0 unspecified atom stereocenters. The molecule has 0 radical (unpaired) electrons. The number of nitrogens with one attached hydrogen (secondary N) is 2. The van der Waals surface area contributed by atoms with Gasteiger partial charge in [0.25, 0.3) is 5.91 Å². The van der Waals surface area contributed by atoms with E-state index in [9.17, 15) is 4.79 Å². The first-order valence-corrected chi connectivity index (χ1v) is 7.10. The predicted octanol–water partition coefficient (Wildman–Crippen LogP) is 1.74. The zero-order chi connectivity index (χ0) is 14.5. The molecule has 2 heterocycles. The van der Waals surface area contributed by atoms with E-state index in [1.54, 1.807) is 24.5 Å². The molecule has 1 aromatic heterocycles. The van der Waals surface area contributed by atoms with E-state index in [0.29, 0.717) is 5.56 Å². The SMILES string of the molecule is O=C(Nc1ccc(N2CCNCC2)cc1)c1cccnc1. The van der Waals surface area contributed by atoms with Gasteiger partial charge in [-0.05, 0) is 36.4 Å². The second-order valence-corrected chi connectivity index (χ2v) is 4.98. The Morgan fingerprint density at radius 1 is 1.14 bits per heavy atom. The molecule has 0 atom stereocenters. The Morgan fingerprint density at radius 2 is 1.90 bits per heavy atom. The van der Waals surface area contributed by atoms with Crippen LogP contribution < -0.4 is 15.5 Å². The second-order valence-electron chi connectivity index (χ2n) is 4.98. The third kappa shape index (κ3) is 3.38. The van der Waals surface area contributed by atoms with E-state index < -0.39 is 0 Å². The van der Waals surface area contributed by atoms with Gasteiger partial charge in [-0.3, -0.25) is 9.78 Å². The quantitative estimate of drug-likeness (QED) is 0.900. The minimum Gasteiger partial charge on any atom is -0.369 e. The van der Waals surface area contributed by atoms with Crippen molar-refractivity contribution in [1.82, 2.24) is 10.3 Å². The highest BCUT2D eigenvalue weighted by atomic mass is 16.1. The van der Waals surface area contributed by atoms with Crippen LogP contribution in [0.2, 0.25) is 0 Å². The predicted molar refractivity (Wildman–Crippen MR) is 83.7 cm³/mol. The molecule has 0 spiro atoms. The van der Waals surface area contributed by atoms with Crippen LogP contribution in [0.5, 0.6) is 0 Å². The van der Waals surface area contributed by atoms with E-state index in [0.717, 1.165) is 31.9 Å². The third-order valence-electron chi connectivity index (χ3n) is 3.53. The van der Waals surface area contributed by atoms with E-state index in [4.69, 9.17) is 0 Å². The average Bonchev–Trinajstić information content (AvgIpc) is 2.57. The largest absolute Gasteiger partial charge is 0.369 e. The Morgan fingerprint density at radius 3 is 2.57 bits per heavy atom. The topological polar surface area (TPSA) is 57.3 Å². The van der Waals surface area contributed by atoms with Gasteiger partial charge in [-0.15, -0.1) is 0 Å². The molecule has 1 fully saturated rings. The zero-order valence-corrected chi connectivity index (χ0v) is 11.7. The van der Waals surface area contributed by atoms with E-state index in [-0.39, 0.29) is 5.91 Å². The molecule has 5 nitrogen and oxygen atoms in total. The van der Waals surface area contributed by atoms with Crippen molar-refractivity contribution in [2.24, 2.45) is 0 Å². The van der Waals surface area contributed by atoms with Crippen LogP contribution in [0, 0.1) is 0 Å². The molecular weight excluding hydrogens is 264 g/mol. The van der Waals surface area contributed by atoms with E-state index in [1.165, 1.54) is 5.69 Å². The van der Waals surface area contributed by atoms with Crippen molar-refractivity contribution in [1.29, 1.82) is 0 Å². The van der Waals surface area contributed by atoms with Crippen molar-refractivity contribution in [2.45, 2.75) is 0 Å². The fourth-order valence-electron chi connectivity index (χ4n) is 2.38. The highest BCUT2D eigenvalue weighted by Crippen LogP contribution is 2.18. The van der Waals surface area contributed by atoms with Crippen molar-refractivity contribution >= 4 is 17.3 Å². The van der Waals surface area contributed by atoms with Crippen LogP contribution in [0.25, 0.3) is 0 Å². The molecule has 1 aliphatic heterocycles. The summed E-state index contributed by atoms with van der Waals surface area (Å²) in [5.41, 5.74) is 2.54. The zero-order valence-electron chi connectivity index (χ0n) is 11.7. The molecule has 2 aromatic rings. The van der Waals surface area contributed by atoms with Gasteiger partial charge in [0.05, 0.1) is 5.56 Å². The van der Waals surface area contributed by atoms with Gasteiger partial charge >= 0.3 is 0 Å². The van der Waals surface area contributed by atoms with Crippen LogP contribution in [-0.2, 0) is 0 Å². The number of rotatable bonds is 3. The Kier molecular flexibility index (Phi) is 4.12. The number of pyridine rings is 1. The number of carbonyl (C=O) groups excluding carboxylic acids is 1. The Labute approximate surface area is 124 Å². The lowest BCUT2D eigenvalue weighted by molar-refractivity contribution is 0.102. The number of hydrogen-bond donors (Lipinski definition) is 2. The summed E-state index contributed by atoms with van der Waals surface area (Å²) < 4.78 is 0. The van der Waals surface area contributed by atoms with Crippen molar-refractivity contribution in [3.05, 3.63) is 54.4 Å². The van der Waals surface area contributed by atoms with Crippen LogP contribution in [0.4, 0.5) is 11.4 Å². The molecule has 21 heavy (non-hydrogen) atoms. The maximum Gasteiger partial charge on any atom is 0.257 e. The second kappa shape index (κ2) is 6.37. The number of aromatic nitrogens is 1. The highest BCUT2D eigenvalue weighted by Gasteiger charge is 2.10. The van der Waals surface area contributed by atoms with Gasteiger partial charge in [-0.25, -0.2) is 0 Å². The third-order valence-corrected chi connectivity index (χ3v) is 3.53. The van der Waals surface area contributed by atoms with Gasteiger partial charge in [0.1, 0.15) is 0 Å². The molecule has 0 bridgehead atoms. The normalized spacial score (nSPS) is 14.8. The molecule has 0 saturated carbocycles. The average molecular weight is 282 g/mol. The number of hydrogen-bond acceptors (Lipinski definition) is 4. The molecule has 3 rings (SSSR count). The van der Waals surface area contributed by atoms with Crippen LogP contribution in [0.3, 0.4) is 0 Å². The Balaban J connectivity index is 1.65. The number of nitrogens with zero attached hydrogens (tertiary/aromatic N) is 2. The first-order chi connectivity index (χ1) is 10.3. The van der Waals surface area contributed by atoms with Gasteiger partial charge < -0.3 is 15.5 Å². The van der Waals surface area contributed by atoms with Gasteiger partial charge in [0.15, 0.2) is 0 Å².